The van der Waals surface area contributed by atoms with Gasteiger partial charge in [0.15, 0.2) is 11.7 Å². The number of carbonyl (C=O) groups is 1. The van der Waals surface area contributed by atoms with Gasteiger partial charge in [-0.2, -0.15) is 0 Å². The molecule has 0 bridgehead atoms. The van der Waals surface area contributed by atoms with Gasteiger partial charge in [-0.1, -0.05) is 25.5 Å². The molecule has 1 aliphatic carbocycles. The highest BCUT2D eigenvalue weighted by Gasteiger charge is 2.34. The zero-order valence-electron chi connectivity index (χ0n) is 16.5. The third-order valence-corrected chi connectivity index (χ3v) is 5.41. The lowest BCUT2D eigenvalue weighted by Crippen LogP contribution is -2.46. The lowest BCUT2D eigenvalue weighted by atomic mass is 9.67. The second-order valence-electron chi connectivity index (χ2n) is 7.12. The Labute approximate surface area is 183 Å². The van der Waals surface area contributed by atoms with Crippen molar-refractivity contribution >= 4 is 41.5 Å². The zero-order valence-corrected chi connectivity index (χ0v) is 18.8. The van der Waals surface area contributed by atoms with Crippen molar-refractivity contribution < 1.29 is 9.21 Å². The number of nitrogens with zero attached hydrogens (tertiary/aromatic N) is 1. The molecule has 1 amide bonds. The summed E-state index contributed by atoms with van der Waals surface area (Å²) in [6.45, 7) is 3.85. The van der Waals surface area contributed by atoms with Gasteiger partial charge in [0.05, 0.1) is 6.26 Å². The van der Waals surface area contributed by atoms with Crippen LogP contribution in [0.25, 0.3) is 0 Å². The number of hydrogen-bond donors (Lipinski definition) is 3. The van der Waals surface area contributed by atoms with E-state index in [1.54, 1.807) is 19.2 Å². The predicted octanol–water partition coefficient (Wildman–Crippen LogP) is 4.40. The first-order valence-corrected chi connectivity index (χ1v) is 9.52. The number of furan rings is 1. The van der Waals surface area contributed by atoms with Crippen LogP contribution in [0.15, 0.2) is 52.1 Å². The molecule has 0 unspecified atom stereocenters. The summed E-state index contributed by atoms with van der Waals surface area (Å²) >= 11 is 0. The smallest absolute Gasteiger partial charge is 0.291 e. The quantitative estimate of drug-likeness (QED) is 0.302. The van der Waals surface area contributed by atoms with E-state index >= 15 is 0 Å². The van der Waals surface area contributed by atoms with Crippen LogP contribution in [0.5, 0.6) is 0 Å². The number of rotatable bonds is 7. The van der Waals surface area contributed by atoms with Crippen molar-refractivity contribution in [2.24, 2.45) is 10.4 Å². The van der Waals surface area contributed by atoms with Crippen molar-refractivity contribution in [2.45, 2.75) is 39.2 Å². The second-order valence-corrected chi connectivity index (χ2v) is 7.12. The van der Waals surface area contributed by atoms with E-state index in [-0.39, 0.29) is 29.9 Å². The molecule has 6 nitrogen and oxygen atoms in total. The summed E-state index contributed by atoms with van der Waals surface area (Å²) in [5.74, 6) is 0.844. The van der Waals surface area contributed by atoms with E-state index in [0.29, 0.717) is 17.7 Å². The van der Waals surface area contributed by atoms with E-state index in [1.165, 1.54) is 31.9 Å². The normalized spacial score (nSPS) is 15.1. The predicted molar refractivity (Wildman–Crippen MR) is 123 cm³/mol. The van der Waals surface area contributed by atoms with Gasteiger partial charge in [-0.3, -0.25) is 9.79 Å². The molecule has 0 radical (unpaired) electrons. The summed E-state index contributed by atoms with van der Waals surface area (Å²) in [7, 11) is 1.79. The molecular weight excluding hydrogens is 467 g/mol. The lowest BCUT2D eigenvalue weighted by molar-refractivity contribution is 0.0996. The van der Waals surface area contributed by atoms with Crippen molar-refractivity contribution in [3.05, 3.63) is 54.0 Å². The minimum atomic E-state index is -0.257. The van der Waals surface area contributed by atoms with Crippen LogP contribution < -0.4 is 16.0 Å². The van der Waals surface area contributed by atoms with Crippen molar-refractivity contribution in [1.29, 1.82) is 0 Å². The number of benzene rings is 1. The Kier molecular flexibility index (Phi) is 8.35. The van der Waals surface area contributed by atoms with Gasteiger partial charge in [0.2, 0.25) is 0 Å². The molecule has 1 saturated carbocycles. The SMILES string of the molecule is CCC1(CNC(=NC)NCc2cccc(NC(=O)c3ccco3)c2)CCC1.I. The molecule has 0 atom stereocenters. The number of nitrogens with one attached hydrogen (secondary N) is 3. The van der Waals surface area contributed by atoms with Crippen molar-refractivity contribution in [3.8, 4) is 0 Å². The molecule has 1 aromatic heterocycles. The van der Waals surface area contributed by atoms with Crippen LogP contribution in [0.3, 0.4) is 0 Å². The number of amides is 1. The minimum absolute atomic E-state index is 0. The van der Waals surface area contributed by atoms with Gasteiger partial charge >= 0.3 is 0 Å². The van der Waals surface area contributed by atoms with E-state index in [0.717, 1.165) is 23.8 Å². The van der Waals surface area contributed by atoms with E-state index in [4.69, 9.17) is 4.42 Å². The summed E-state index contributed by atoms with van der Waals surface area (Å²) < 4.78 is 5.12. The Morgan fingerprint density at radius 3 is 2.64 bits per heavy atom. The first kappa shape index (κ1) is 22.3. The Morgan fingerprint density at radius 1 is 1.21 bits per heavy atom. The number of hydrogen-bond acceptors (Lipinski definition) is 3. The van der Waals surface area contributed by atoms with Crippen LogP contribution in [-0.4, -0.2) is 25.5 Å². The highest BCUT2D eigenvalue weighted by molar-refractivity contribution is 14.0. The molecule has 2 aromatic rings. The summed E-state index contributed by atoms with van der Waals surface area (Å²) in [5, 5.41) is 9.65. The highest BCUT2D eigenvalue weighted by atomic mass is 127. The summed E-state index contributed by atoms with van der Waals surface area (Å²) in [5.41, 5.74) is 2.23. The molecule has 1 heterocycles. The third kappa shape index (κ3) is 5.73. The number of aliphatic imine (C=N–C) groups is 1. The van der Waals surface area contributed by atoms with Gasteiger partial charge in [-0.15, -0.1) is 24.0 Å². The average molecular weight is 496 g/mol. The monoisotopic (exact) mass is 496 g/mol. The fraction of sp³-hybridized carbons (Fsp3) is 0.429. The van der Waals surface area contributed by atoms with Gasteiger partial charge in [0, 0.05) is 25.8 Å². The van der Waals surface area contributed by atoms with Crippen LogP contribution in [0.2, 0.25) is 0 Å². The summed E-state index contributed by atoms with van der Waals surface area (Å²) in [6.07, 6.45) is 6.61. The van der Waals surface area contributed by atoms with E-state index in [1.807, 2.05) is 24.3 Å². The molecule has 0 spiro atoms. The van der Waals surface area contributed by atoms with Crippen LogP contribution in [0, 0.1) is 5.41 Å². The molecule has 0 saturated heterocycles. The van der Waals surface area contributed by atoms with Crippen LogP contribution in [0.4, 0.5) is 5.69 Å². The number of guanidine groups is 1. The minimum Gasteiger partial charge on any atom is -0.459 e. The molecule has 1 aromatic carbocycles. The summed E-state index contributed by atoms with van der Waals surface area (Å²) in [4.78, 5) is 16.4. The van der Waals surface area contributed by atoms with E-state index < -0.39 is 0 Å². The van der Waals surface area contributed by atoms with Crippen LogP contribution >= 0.6 is 24.0 Å². The molecule has 28 heavy (non-hydrogen) atoms. The fourth-order valence-corrected chi connectivity index (χ4v) is 3.37. The average Bonchev–Trinajstić information content (AvgIpc) is 3.19. The Balaban J connectivity index is 0.00000280. The van der Waals surface area contributed by atoms with Gasteiger partial charge in [0.1, 0.15) is 0 Å². The van der Waals surface area contributed by atoms with Crippen LogP contribution in [0.1, 0.15) is 48.7 Å². The molecule has 3 rings (SSSR count). The Bertz CT molecular complexity index is 780. The zero-order chi connectivity index (χ0) is 19.1. The molecule has 3 N–H and O–H groups in total. The maximum Gasteiger partial charge on any atom is 0.291 e. The number of anilines is 1. The van der Waals surface area contributed by atoms with Gasteiger partial charge in [0.25, 0.3) is 5.91 Å². The molecule has 7 heteroatoms. The van der Waals surface area contributed by atoms with Crippen molar-refractivity contribution in [2.75, 3.05) is 18.9 Å². The second kappa shape index (κ2) is 10.5. The highest BCUT2D eigenvalue weighted by Crippen LogP contribution is 2.42. The number of halogens is 1. The van der Waals surface area contributed by atoms with Gasteiger partial charge in [-0.05, 0) is 54.5 Å². The largest absolute Gasteiger partial charge is 0.459 e. The molecule has 152 valence electrons. The van der Waals surface area contributed by atoms with E-state index in [9.17, 15) is 4.79 Å². The Hall–Kier alpha value is -2.03. The molecule has 1 fully saturated rings. The maximum atomic E-state index is 12.1. The van der Waals surface area contributed by atoms with Crippen molar-refractivity contribution in [1.82, 2.24) is 10.6 Å². The lowest BCUT2D eigenvalue weighted by Gasteiger charge is -2.41. The number of carbonyl (C=O) groups excluding carboxylic acids is 1. The maximum absolute atomic E-state index is 12.1. The van der Waals surface area contributed by atoms with E-state index in [2.05, 4.69) is 27.9 Å². The standard InChI is InChI=1S/C21H28N4O2.HI/c1-3-21(10-6-11-21)15-24-20(22-2)23-14-16-7-4-8-17(13-16)25-19(26)18-9-5-12-27-18;/h4-5,7-9,12-13H,3,6,10-11,14-15H2,1-2H3,(H,25,26)(H2,22,23,24);1H. The third-order valence-electron chi connectivity index (χ3n) is 5.41. The Morgan fingerprint density at radius 2 is 2.04 bits per heavy atom. The van der Waals surface area contributed by atoms with Gasteiger partial charge in [-0.25, -0.2) is 0 Å². The summed E-state index contributed by atoms with van der Waals surface area (Å²) in [6, 6.07) is 11.1. The molecule has 0 aliphatic heterocycles. The molecule has 1 aliphatic rings. The van der Waals surface area contributed by atoms with Crippen LogP contribution in [-0.2, 0) is 6.54 Å². The molecular formula is C21H29IN4O2. The topological polar surface area (TPSA) is 78.7 Å². The first-order chi connectivity index (χ1) is 13.1. The first-order valence-electron chi connectivity index (χ1n) is 9.52. The van der Waals surface area contributed by atoms with Gasteiger partial charge < -0.3 is 20.4 Å². The van der Waals surface area contributed by atoms with Crippen molar-refractivity contribution in [3.63, 3.8) is 0 Å². The fourth-order valence-electron chi connectivity index (χ4n) is 3.37.